The zero-order valence-corrected chi connectivity index (χ0v) is 10.3. The molecule has 4 rings (SSSR count). The number of hydrogen-bond donors (Lipinski definition) is 4. The second kappa shape index (κ2) is 3.74. The lowest BCUT2D eigenvalue weighted by molar-refractivity contribution is 0.480. The Morgan fingerprint density at radius 3 is 2.70 bits per heavy atom. The maximum absolute atomic E-state index is 10.3. The van der Waals surface area contributed by atoms with Crippen LogP contribution < -0.4 is 0 Å². The van der Waals surface area contributed by atoms with Gasteiger partial charge in [-0.1, -0.05) is 6.07 Å². The molecule has 0 unspecified atom stereocenters. The molecule has 4 aromatic rings. The van der Waals surface area contributed by atoms with Gasteiger partial charge < -0.3 is 20.2 Å². The van der Waals surface area contributed by atoms with Gasteiger partial charge in [0.25, 0.3) is 0 Å². The zero-order chi connectivity index (χ0) is 13.7. The first kappa shape index (κ1) is 10.9. The van der Waals surface area contributed by atoms with E-state index < -0.39 is 0 Å². The molecule has 0 atom stereocenters. The number of rotatable bonds is 1. The summed E-state index contributed by atoms with van der Waals surface area (Å²) in [5, 5.41) is 20.1. The molecular weight excluding hydrogens is 256 g/mol. The summed E-state index contributed by atoms with van der Waals surface area (Å²) in [4.78, 5) is 14.4. The van der Waals surface area contributed by atoms with Crippen LogP contribution in [0.5, 0.6) is 11.5 Å². The van der Waals surface area contributed by atoms with Crippen molar-refractivity contribution in [3.63, 3.8) is 0 Å². The van der Waals surface area contributed by atoms with Crippen LogP contribution in [-0.2, 0) is 0 Å². The van der Waals surface area contributed by atoms with Crippen molar-refractivity contribution in [3.8, 4) is 22.9 Å². The maximum atomic E-state index is 10.3. The molecule has 0 saturated heterocycles. The minimum atomic E-state index is 0.0577. The molecule has 0 amide bonds. The molecule has 0 saturated carbocycles. The molecule has 6 heteroatoms. The Morgan fingerprint density at radius 2 is 1.85 bits per heavy atom. The zero-order valence-electron chi connectivity index (χ0n) is 10.3. The molecule has 6 nitrogen and oxygen atoms in total. The van der Waals surface area contributed by atoms with E-state index in [1.165, 1.54) is 6.33 Å². The fourth-order valence-electron chi connectivity index (χ4n) is 2.33. The van der Waals surface area contributed by atoms with Gasteiger partial charge in [0.1, 0.15) is 22.6 Å². The first-order chi connectivity index (χ1) is 9.74. The van der Waals surface area contributed by atoms with Gasteiger partial charge in [-0.15, -0.1) is 0 Å². The van der Waals surface area contributed by atoms with E-state index in [0.29, 0.717) is 27.9 Å². The van der Waals surface area contributed by atoms with Crippen molar-refractivity contribution in [3.05, 3.63) is 36.7 Å². The first-order valence-corrected chi connectivity index (χ1v) is 6.07. The number of hydrogen-bond acceptors (Lipinski definition) is 4. The molecule has 0 fully saturated rings. The molecule has 0 aliphatic heterocycles. The summed E-state index contributed by atoms with van der Waals surface area (Å²) in [5.74, 6) is 0.650. The van der Waals surface area contributed by atoms with E-state index in [1.54, 1.807) is 18.2 Å². The van der Waals surface area contributed by atoms with Crippen molar-refractivity contribution in [1.29, 1.82) is 0 Å². The molecule has 98 valence electrons. The number of aromatic amines is 2. The third-order valence-corrected chi connectivity index (χ3v) is 3.31. The van der Waals surface area contributed by atoms with Crippen LogP contribution in [0.1, 0.15) is 0 Å². The van der Waals surface area contributed by atoms with Crippen LogP contribution >= 0.6 is 0 Å². The van der Waals surface area contributed by atoms with Crippen molar-refractivity contribution in [2.45, 2.75) is 0 Å². The van der Waals surface area contributed by atoms with Gasteiger partial charge in [0.05, 0.1) is 22.9 Å². The average molecular weight is 266 g/mol. The van der Waals surface area contributed by atoms with Crippen LogP contribution in [0.2, 0.25) is 0 Å². The van der Waals surface area contributed by atoms with Gasteiger partial charge in [-0.25, -0.2) is 9.97 Å². The molecule has 2 aromatic heterocycles. The van der Waals surface area contributed by atoms with Gasteiger partial charge in [-0.05, 0) is 24.3 Å². The van der Waals surface area contributed by atoms with Gasteiger partial charge in [0, 0.05) is 0 Å². The fraction of sp³-hybridized carbons (Fsp3) is 0. The van der Waals surface area contributed by atoms with Crippen molar-refractivity contribution in [2.75, 3.05) is 0 Å². The van der Waals surface area contributed by atoms with E-state index in [2.05, 4.69) is 19.9 Å². The Balaban J connectivity index is 2.00. The van der Waals surface area contributed by atoms with Crippen molar-refractivity contribution >= 4 is 22.1 Å². The van der Waals surface area contributed by atoms with Crippen molar-refractivity contribution < 1.29 is 10.2 Å². The Hall–Kier alpha value is -3.02. The minimum absolute atomic E-state index is 0.0577. The standard InChI is InChI=1S/C14H10N4O2/c19-10-3-1-2-9-11(10)18-14(17-9)7-4-5-8-12(13(7)20)16-6-15-8/h1-6,19-20H,(H,15,16)(H,17,18). The number of aromatic hydroxyl groups is 2. The number of aromatic nitrogens is 4. The molecule has 4 N–H and O–H groups in total. The van der Waals surface area contributed by atoms with Crippen LogP contribution in [0.3, 0.4) is 0 Å². The lowest BCUT2D eigenvalue weighted by Crippen LogP contribution is -1.83. The van der Waals surface area contributed by atoms with Gasteiger partial charge >= 0.3 is 0 Å². The van der Waals surface area contributed by atoms with E-state index in [-0.39, 0.29) is 11.5 Å². The maximum Gasteiger partial charge on any atom is 0.154 e. The van der Waals surface area contributed by atoms with E-state index >= 15 is 0 Å². The topological polar surface area (TPSA) is 97.8 Å². The van der Waals surface area contributed by atoms with Crippen LogP contribution in [0.4, 0.5) is 0 Å². The second-order valence-electron chi connectivity index (χ2n) is 4.52. The normalized spacial score (nSPS) is 11.4. The highest BCUT2D eigenvalue weighted by atomic mass is 16.3. The Labute approximate surface area is 112 Å². The van der Waals surface area contributed by atoms with Crippen LogP contribution in [-0.4, -0.2) is 30.1 Å². The number of phenols is 2. The fourth-order valence-corrected chi connectivity index (χ4v) is 2.33. The largest absolute Gasteiger partial charge is 0.506 e. The van der Waals surface area contributed by atoms with Gasteiger partial charge in [-0.2, -0.15) is 0 Å². The Kier molecular flexibility index (Phi) is 2.03. The number of nitrogens with zero attached hydrogens (tertiary/aromatic N) is 2. The summed E-state index contributed by atoms with van der Waals surface area (Å²) >= 11 is 0. The number of nitrogens with one attached hydrogen (secondary N) is 2. The van der Waals surface area contributed by atoms with Crippen LogP contribution in [0.25, 0.3) is 33.5 Å². The monoisotopic (exact) mass is 266 g/mol. The van der Waals surface area contributed by atoms with Crippen LogP contribution in [0, 0.1) is 0 Å². The van der Waals surface area contributed by atoms with Gasteiger partial charge in [0.2, 0.25) is 0 Å². The molecule has 0 aliphatic carbocycles. The molecule has 0 aliphatic rings. The average Bonchev–Trinajstić information content (AvgIpc) is 3.06. The quantitative estimate of drug-likeness (QED) is 0.425. The summed E-state index contributed by atoms with van der Waals surface area (Å²) in [6.07, 6.45) is 1.53. The van der Waals surface area contributed by atoms with E-state index in [1.807, 2.05) is 12.1 Å². The summed E-state index contributed by atoms with van der Waals surface area (Å²) in [5.41, 5.74) is 2.98. The number of para-hydroxylation sites is 1. The highest BCUT2D eigenvalue weighted by Gasteiger charge is 2.14. The lowest BCUT2D eigenvalue weighted by Gasteiger charge is -2.01. The number of imidazole rings is 2. The van der Waals surface area contributed by atoms with E-state index in [0.717, 1.165) is 5.52 Å². The molecule has 2 heterocycles. The molecule has 0 radical (unpaired) electrons. The third-order valence-electron chi connectivity index (χ3n) is 3.31. The minimum Gasteiger partial charge on any atom is -0.506 e. The van der Waals surface area contributed by atoms with E-state index in [4.69, 9.17) is 0 Å². The number of benzene rings is 2. The van der Waals surface area contributed by atoms with Crippen LogP contribution in [0.15, 0.2) is 36.7 Å². The molecule has 20 heavy (non-hydrogen) atoms. The second-order valence-corrected chi connectivity index (χ2v) is 4.52. The highest BCUT2D eigenvalue weighted by Crippen LogP contribution is 2.34. The summed E-state index contributed by atoms with van der Waals surface area (Å²) < 4.78 is 0. The van der Waals surface area contributed by atoms with Crippen molar-refractivity contribution in [1.82, 2.24) is 19.9 Å². The molecular formula is C14H10N4O2. The summed E-state index contributed by atoms with van der Waals surface area (Å²) in [7, 11) is 0. The van der Waals surface area contributed by atoms with Crippen molar-refractivity contribution in [2.24, 2.45) is 0 Å². The first-order valence-electron chi connectivity index (χ1n) is 6.07. The predicted octanol–water partition coefficient (Wildman–Crippen LogP) is 2.52. The summed E-state index contributed by atoms with van der Waals surface area (Å²) in [6, 6.07) is 8.70. The van der Waals surface area contributed by atoms with Gasteiger partial charge in [0.15, 0.2) is 5.75 Å². The summed E-state index contributed by atoms with van der Waals surface area (Å²) in [6.45, 7) is 0. The number of fused-ring (bicyclic) bond motifs is 2. The van der Waals surface area contributed by atoms with E-state index in [9.17, 15) is 10.2 Å². The predicted molar refractivity (Wildman–Crippen MR) is 74.5 cm³/mol. The Morgan fingerprint density at radius 1 is 0.950 bits per heavy atom. The Bertz CT molecular complexity index is 939. The SMILES string of the molecule is Oc1cccc2[nH]c(-c3ccc4[nH]cnc4c3O)nc12. The highest BCUT2D eigenvalue weighted by molar-refractivity contribution is 5.91. The molecule has 0 bridgehead atoms. The number of H-pyrrole nitrogens is 2. The smallest absolute Gasteiger partial charge is 0.154 e. The lowest BCUT2D eigenvalue weighted by atomic mass is 10.1. The third kappa shape index (κ3) is 1.38. The molecule has 0 spiro atoms. The van der Waals surface area contributed by atoms with Gasteiger partial charge in [-0.3, -0.25) is 0 Å². The number of phenolic OH excluding ortho intramolecular Hbond substituents is 2. The molecule has 2 aromatic carbocycles.